The third kappa shape index (κ3) is 4.71. The van der Waals surface area contributed by atoms with Crippen LogP contribution in [-0.2, 0) is 4.79 Å². The highest BCUT2D eigenvalue weighted by molar-refractivity contribution is 5.75. The van der Waals surface area contributed by atoms with E-state index in [-0.39, 0.29) is 30.6 Å². The third-order valence-corrected chi connectivity index (χ3v) is 6.01. The van der Waals surface area contributed by atoms with Crippen molar-refractivity contribution in [1.82, 2.24) is 15.2 Å². The zero-order valence-corrected chi connectivity index (χ0v) is 16.2. The van der Waals surface area contributed by atoms with E-state index in [1.54, 1.807) is 24.5 Å². The molecule has 4 rings (SSSR count). The van der Waals surface area contributed by atoms with E-state index < -0.39 is 18.1 Å². The van der Waals surface area contributed by atoms with Crippen LogP contribution < -0.4 is 4.74 Å². The molecule has 30 heavy (non-hydrogen) atoms. The van der Waals surface area contributed by atoms with Gasteiger partial charge in [-0.2, -0.15) is 18.3 Å². The Hall–Kier alpha value is -2.71. The molecule has 0 aliphatic heterocycles. The van der Waals surface area contributed by atoms with E-state index in [9.17, 15) is 18.0 Å². The summed E-state index contributed by atoms with van der Waals surface area (Å²) in [7, 11) is 0. The van der Waals surface area contributed by atoms with Gasteiger partial charge in [0.25, 0.3) is 0 Å². The number of nitrogens with zero attached hydrogens (tertiary/aromatic N) is 3. The number of halogens is 3. The van der Waals surface area contributed by atoms with Crippen molar-refractivity contribution in [2.24, 2.45) is 17.8 Å². The van der Waals surface area contributed by atoms with Gasteiger partial charge in [0.05, 0.1) is 24.6 Å². The van der Waals surface area contributed by atoms with Gasteiger partial charge < -0.3 is 9.84 Å². The molecule has 0 radical (unpaired) electrons. The first-order chi connectivity index (χ1) is 14.3. The molecule has 2 fully saturated rings. The molecule has 2 aromatic heterocycles. The number of carboxylic acid groups (broad SMARTS) is 1. The smallest absolute Gasteiger partial charge is 0.391 e. The fourth-order valence-corrected chi connectivity index (χ4v) is 4.06. The molecular weight excluding hydrogens is 399 g/mol. The van der Waals surface area contributed by atoms with E-state index >= 15 is 0 Å². The lowest BCUT2D eigenvalue weighted by atomic mass is 9.82. The average Bonchev–Trinajstić information content (AvgIpc) is 3.54. The van der Waals surface area contributed by atoms with E-state index in [4.69, 9.17) is 9.84 Å². The Bertz CT molecular complexity index is 914. The van der Waals surface area contributed by atoms with Gasteiger partial charge in [-0.3, -0.25) is 9.78 Å². The molecule has 0 spiro atoms. The number of ether oxygens (including phenoxy) is 1. The van der Waals surface area contributed by atoms with Crippen molar-refractivity contribution in [2.75, 3.05) is 6.61 Å². The highest BCUT2D eigenvalue weighted by Gasteiger charge is 2.45. The second-order valence-electron chi connectivity index (χ2n) is 8.11. The lowest BCUT2D eigenvalue weighted by molar-refractivity contribution is -0.184. The van der Waals surface area contributed by atoms with E-state index in [0.29, 0.717) is 31.7 Å². The second-order valence-corrected chi connectivity index (χ2v) is 8.11. The number of hydrogen-bond acceptors (Lipinski definition) is 5. The molecule has 6 nitrogen and oxygen atoms in total. The van der Waals surface area contributed by atoms with Crippen LogP contribution in [0.2, 0.25) is 0 Å². The van der Waals surface area contributed by atoms with Crippen LogP contribution >= 0.6 is 0 Å². The summed E-state index contributed by atoms with van der Waals surface area (Å²) >= 11 is 0. The van der Waals surface area contributed by atoms with Gasteiger partial charge in [0.2, 0.25) is 5.88 Å². The standard InChI is InChI=1S/C21H22F3N3O3/c22-21(23,24)15-3-1-12(2-4-15)11-30-19-8-14(10-26-27-19)13-5-6-25-18(7-13)16-9-17(16)20(28)29/h5-8,10,12,15-17H,1-4,9,11H2,(H,28,29)/t12-,15-,16?,17?. The largest absolute Gasteiger partial charge is 0.481 e. The number of aromatic nitrogens is 3. The molecule has 2 unspecified atom stereocenters. The minimum atomic E-state index is -4.11. The fraction of sp³-hybridized carbons (Fsp3) is 0.524. The van der Waals surface area contributed by atoms with Gasteiger partial charge in [-0.15, -0.1) is 5.10 Å². The molecule has 160 valence electrons. The molecular formula is C21H22F3N3O3. The van der Waals surface area contributed by atoms with Gasteiger partial charge in [0.15, 0.2) is 0 Å². The van der Waals surface area contributed by atoms with Crippen LogP contribution in [0.3, 0.4) is 0 Å². The maximum Gasteiger partial charge on any atom is 0.391 e. The van der Waals surface area contributed by atoms with Crippen molar-refractivity contribution in [3.8, 4) is 17.0 Å². The Balaban J connectivity index is 1.36. The minimum Gasteiger partial charge on any atom is -0.481 e. The molecule has 0 saturated heterocycles. The van der Waals surface area contributed by atoms with Crippen molar-refractivity contribution in [3.63, 3.8) is 0 Å². The van der Waals surface area contributed by atoms with Crippen LogP contribution in [0.4, 0.5) is 13.2 Å². The quantitative estimate of drug-likeness (QED) is 0.741. The van der Waals surface area contributed by atoms with Gasteiger partial charge >= 0.3 is 12.1 Å². The molecule has 2 aliphatic carbocycles. The molecule has 0 aromatic carbocycles. The Kier molecular flexibility index (Phi) is 5.62. The Morgan fingerprint density at radius 3 is 2.60 bits per heavy atom. The topological polar surface area (TPSA) is 85.2 Å². The Morgan fingerprint density at radius 2 is 1.93 bits per heavy atom. The van der Waals surface area contributed by atoms with Crippen molar-refractivity contribution in [2.45, 2.75) is 44.2 Å². The predicted molar refractivity (Wildman–Crippen MR) is 101 cm³/mol. The minimum absolute atomic E-state index is 0.0696. The van der Waals surface area contributed by atoms with Crippen LogP contribution in [-0.4, -0.2) is 39.0 Å². The van der Waals surface area contributed by atoms with Crippen molar-refractivity contribution in [3.05, 3.63) is 36.3 Å². The summed E-state index contributed by atoms with van der Waals surface area (Å²) < 4.78 is 44.1. The molecule has 0 bridgehead atoms. The number of aliphatic carboxylic acids is 1. The molecule has 2 atom stereocenters. The van der Waals surface area contributed by atoms with E-state index in [1.807, 2.05) is 6.07 Å². The maximum atomic E-state index is 12.8. The number of rotatable bonds is 6. The van der Waals surface area contributed by atoms with Crippen molar-refractivity contribution < 1.29 is 27.8 Å². The van der Waals surface area contributed by atoms with E-state index in [0.717, 1.165) is 16.8 Å². The molecule has 2 saturated carbocycles. The zero-order chi connectivity index (χ0) is 21.3. The number of hydrogen-bond donors (Lipinski definition) is 1. The summed E-state index contributed by atoms with van der Waals surface area (Å²) in [6, 6.07) is 5.39. The van der Waals surface area contributed by atoms with Gasteiger partial charge in [-0.05, 0) is 55.7 Å². The van der Waals surface area contributed by atoms with Gasteiger partial charge in [-0.25, -0.2) is 0 Å². The molecule has 2 aromatic rings. The zero-order valence-electron chi connectivity index (χ0n) is 16.2. The monoisotopic (exact) mass is 421 g/mol. The lowest BCUT2D eigenvalue weighted by Crippen LogP contribution is -2.29. The summed E-state index contributed by atoms with van der Waals surface area (Å²) in [5.41, 5.74) is 2.33. The summed E-state index contributed by atoms with van der Waals surface area (Å²) in [6.45, 7) is 0.312. The first-order valence-corrected chi connectivity index (χ1v) is 10.0. The number of carboxylic acids is 1. The van der Waals surface area contributed by atoms with E-state index in [2.05, 4.69) is 15.2 Å². The Morgan fingerprint density at radius 1 is 1.17 bits per heavy atom. The molecule has 2 heterocycles. The highest BCUT2D eigenvalue weighted by atomic mass is 19.4. The predicted octanol–water partition coefficient (Wildman–Crippen LogP) is 4.47. The van der Waals surface area contributed by atoms with Crippen LogP contribution in [0, 0.1) is 17.8 Å². The maximum absolute atomic E-state index is 12.8. The lowest BCUT2D eigenvalue weighted by Gasteiger charge is -2.29. The van der Waals surface area contributed by atoms with E-state index in [1.165, 1.54) is 0 Å². The Labute approximate surface area is 171 Å². The normalized spacial score (nSPS) is 26.2. The number of carbonyl (C=O) groups is 1. The summed E-state index contributed by atoms with van der Waals surface area (Å²) in [5.74, 6) is -2.07. The number of alkyl halides is 3. The van der Waals surface area contributed by atoms with Gasteiger partial charge in [-0.1, -0.05) is 0 Å². The van der Waals surface area contributed by atoms with Gasteiger partial charge in [0, 0.05) is 29.4 Å². The molecule has 2 aliphatic rings. The first kappa shape index (κ1) is 20.6. The van der Waals surface area contributed by atoms with Crippen molar-refractivity contribution >= 4 is 5.97 Å². The first-order valence-electron chi connectivity index (χ1n) is 10.0. The molecule has 0 amide bonds. The fourth-order valence-electron chi connectivity index (χ4n) is 4.06. The van der Waals surface area contributed by atoms with Crippen LogP contribution in [0.1, 0.15) is 43.7 Å². The number of pyridine rings is 1. The second kappa shape index (κ2) is 8.20. The highest BCUT2D eigenvalue weighted by Crippen LogP contribution is 2.47. The van der Waals surface area contributed by atoms with Crippen LogP contribution in [0.25, 0.3) is 11.1 Å². The summed E-state index contributed by atoms with van der Waals surface area (Å²) in [4.78, 5) is 15.4. The summed E-state index contributed by atoms with van der Waals surface area (Å²) in [6.07, 6.45) is 0.951. The summed E-state index contributed by atoms with van der Waals surface area (Å²) in [5, 5.41) is 17.0. The molecule has 1 N–H and O–H groups in total. The molecule has 9 heteroatoms. The van der Waals surface area contributed by atoms with Crippen molar-refractivity contribution in [1.29, 1.82) is 0 Å². The average molecular weight is 421 g/mol. The van der Waals surface area contributed by atoms with Crippen LogP contribution in [0.15, 0.2) is 30.6 Å². The van der Waals surface area contributed by atoms with Crippen LogP contribution in [0.5, 0.6) is 5.88 Å². The SMILES string of the molecule is O=C(O)C1CC1c1cc(-c2cnnc(OC[C@H]3CC[C@H](C(F)(F)F)CC3)c2)ccn1. The van der Waals surface area contributed by atoms with Gasteiger partial charge in [0.1, 0.15) is 0 Å². The third-order valence-electron chi connectivity index (χ3n) is 6.01.